The maximum atomic E-state index is 6.01. The molecule has 1 saturated heterocycles. The van der Waals surface area contributed by atoms with Crippen LogP contribution in [-0.4, -0.2) is 25.5 Å². The highest BCUT2D eigenvalue weighted by atomic mass is 16.7. The third-order valence-corrected chi connectivity index (χ3v) is 2.44. The summed E-state index contributed by atoms with van der Waals surface area (Å²) in [5.74, 6) is 0. The zero-order valence-corrected chi connectivity index (χ0v) is 8.06. The fourth-order valence-electron chi connectivity index (χ4n) is 1.61. The van der Waals surface area contributed by atoms with Gasteiger partial charge in [-0.15, -0.1) is 0 Å². The first kappa shape index (κ1) is 9.65. The van der Waals surface area contributed by atoms with Crippen LogP contribution in [0.5, 0.6) is 0 Å². The van der Waals surface area contributed by atoms with Gasteiger partial charge in [-0.05, 0) is 12.0 Å². The third-order valence-electron chi connectivity index (χ3n) is 2.44. The predicted octanol–water partition coefficient (Wildman–Crippen LogP) is 0.929. The van der Waals surface area contributed by atoms with Gasteiger partial charge in [0.2, 0.25) is 0 Å². The zero-order valence-electron chi connectivity index (χ0n) is 8.06. The van der Waals surface area contributed by atoms with Crippen molar-refractivity contribution in [1.82, 2.24) is 0 Å². The summed E-state index contributed by atoms with van der Waals surface area (Å²) in [4.78, 5) is 0. The summed E-state index contributed by atoms with van der Waals surface area (Å²) >= 11 is 0. The van der Waals surface area contributed by atoms with Crippen molar-refractivity contribution in [2.75, 3.05) is 13.4 Å². The number of ether oxygens (including phenoxy) is 2. The third kappa shape index (κ3) is 2.32. The van der Waals surface area contributed by atoms with Crippen molar-refractivity contribution in [2.24, 2.45) is 5.73 Å². The summed E-state index contributed by atoms with van der Waals surface area (Å²) < 4.78 is 10.5. The summed E-state index contributed by atoms with van der Waals surface area (Å²) in [6.45, 7) is 1.00. The fourth-order valence-corrected chi connectivity index (χ4v) is 1.61. The fraction of sp³-hybridized carbons (Fsp3) is 0.455. The molecule has 2 unspecified atom stereocenters. The molecular weight excluding hydrogens is 178 g/mol. The van der Waals surface area contributed by atoms with Gasteiger partial charge < -0.3 is 15.2 Å². The Kier molecular flexibility index (Phi) is 3.14. The second kappa shape index (κ2) is 4.55. The molecule has 2 atom stereocenters. The van der Waals surface area contributed by atoms with Crippen molar-refractivity contribution in [3.05, 3.63) is 35.9 Å². The van der Waals surface area contributed by atoms with Crippen molar-refractivity contribution in [3.63, 3.8) is 0 Å². The molecule has 0 amide bonds. The highest BCUT2D eigenvalue weighted by Gasteiger charge is 2.23. The van der Waals surface area contributed by atoms with Gasteiger partial charge in [0.25, 0.3) is 0 Å². The number of benzene rings is 1. The van der Waals surface area contributed by atoms with E-state index >= 15 is 0 Å². The molecule has 0 aliphatic carbocycles. The van der Waals surface area contributed by atoms with Crippen LogP contribution in [0, 0.1) is 0 Å². The molecule has 3 nitrogen and oxygen atoms in total. The molecular formula is C11H15NO2. The lowest BCUT2D eigenvalue weighted by molar-refractivity contribution is 0.0397. The average molecular weight is 193 g/mol. The van der Waals surface area contributed by atoms with E-state index in [1.54, 1.807) is 0 Å². The maximum absolute atomic E-state index is 6.01. The molecule has 14 heavy (non-hydrogen) atoms. The Morgan fingerprint density at radius 1 is 1.36 bits per heavy atom. The van der Waals surface area contributed by atoms with Crippen molar-refractivity contribution in [1.29, 1.82) is 0 Å². The van der Waals surface area contributed by atoms with E-state index < -0.39 is 0 Å². The van der Waals surface area contributed by atoms with E-state index in [4.69, 9.17) is 15.2 Å². The SMILES string of the molecule is NC(Cc1ccccc1)C1COCO1. The van der Waals surface area contributed by atoms with Gasteiger partial charge in [-0.1, -0.05) is 30.3 Å². The first-order chi connectivity index (χ1) is 6.86. The minimum atomic E-state index is 0.0277. The minimum absolute atomic E-state index is 0.0277. The molecule has 1 aromatic rings. The topological polar surface area (TPSA) is 44.5 Å². The van der Waals surface area contributed by atoms with Crippen LogP contribution in [0.15, 0.2) is 30.3 Å². The quantitative estimate of drug-likeness (QED) is 0.776. The van der Waals surface area contributed by atoms with E-state index in [0.29, 0.717) is 13.4 Å². The second-order valence-electron chi connectivity index (χ2n) is 3.55. The maximum Gasteiger partial charge on any atom is 0.147 e. The van der Waals surface area contributed by atoms with Crippen LogP contribution >= 0.6 is 0 Å². The number of hydrogen-bond donors (Lipinski definition) is 1. The second-order valence-corrected chi connectivity index (χ2v) is 3.55. The summed E-state index contributed by atoms with van der Waals surface area (Å²) in [5, 5.41) is 0. The number of hydrogen-bond acceptors (Lipinski definition) is 3. The zero-order chi connectivity index (χ0) is 9.80. The van der Waals surface area contributed by atoms with Crippen molar-refractivity contribution < 1.29 is 9.47 Å². The predicted molar refractivity (Wildman–Crippen MR) is 53.8 cm³/mol. The van der Waals surface area contributed by atoms with Crippen LogP contribution in [0.4, 0.5) is 0 Å². The molecule has 1 aromatic carbocycles. The van der Waals surface area contributed by atoms with Gasteiger partial charge in [-0.2, -0.15) is 0 Å². The van der Waals surface area contributed by atoms with Gasteiger partial charge in [0.15, 0.2) is 0 Å². The Balaban J connectivity index is 1.90. The van der Waals surface area contributed by atoms with Crippen LogP contribution in [0.25, 0.3) is 0 Å². The monoisotopic (exact) mass is 193 g/mol. The molecule has 76 valence electrons. The smallest absolute Gasteiger partial charge is 0.147 e. The van der Waals surface area contributed by atoms with Gasteiger partial charge in [-0.3, -0.25) is 0 Å². The summed E-state index contributed by atoms with van der Waals surface area (Å²) in [5.41, 5.74) is 7.25. The Bertz CT molecular complexity index is 270. The van der Waals surface area contributed by atoms with Crippen molar-refractivity contribution in [2.45, 2.75) is 18.6 Å². The van der Waals surface area contributed by atoms with Crippen molar-refractivity contribution >= 4 is 0 Å². The van der Waals surface area contributed by atoms with E-state index in [-0.39, 0.29) is 12.1 Å². The van der Waals surface area contributed by atoms with Gasteiger partial charge in [0, 0.05) is 6.04 Å². The van der Waals surface area contributed by atoms with E-state index in [1.807, 2.05) is 18.2 Å². The highest BCUT2D eigenvalue weighted by molar-refractivity contribution is 5.16. The molecule has 1 aliphatic heterocycles. The summed E-state index contributed by atoms with van der Waals surface area (Å²) in [6, 6.07) is 10.2. The Labute approximate surface area is 83.8 Å². The standard InChI is InChI=1S/C11H15NO2/c12-10(11-7-13-8-14-11)6-9-4-2-1-3-5-9/h1-5,10-11H,6-8,12H2. The van der Waals surface area contributed by atoms with Crippen LogP contribution in [0.3, 0.4) is 0 Å². The van der Waals surface area contributed by atoms with Crippen LogP contribution in [0.1, 0.15) is 5.56 Å². The first-order valence-electron chi connectivity index (χ1n) is 4.85. The van der Waals surface area contributed by atoms with Gasteiger partial charge in [0.05, 0.1) is 12.7 Å². The number of nitrogens with two attached hydrogens (primary N) is 1. The lowest BCUT2D eigenvalue weighted by Crippen LogP contribution is -2.38. The summed E-state index contributed by atoms with van der Waals surface area (Å²) in [7, 11) is 0. The van der Waals surface area contributed by atoms with Gasteiger partial charge in [-0.25, -0.2) is 0 Å². The molecule has 0 bridgehead atoms. The lowest BCUT2D eigenvalue weighted by Gasteiger charge is -2.16. The largest absolute Gasteiger partial charge is 0.353 e. The molecule has 0 aromatic heterocycles. The molecule has 1 fully saturated rings. The van der Waals surface area contributed by atoms with Gasteiger partial charge >= 0.3 is 0 Å². The van der Waals surface area contributed by atoms with Crippen molar-refractivity contribution in [3.8, 4) is 0 Å². The van der Waals surface area contributed by atoms with E-state index in [1.165, 1.54) is 5.56 Å². The molecule has 1 heterocycles. The molecule has 0 saturated carbocycles. The Hall–Kier alpha value is -0.900. The Morgan fingerprint density at radius 2 is 2.14 bits per heavy atom. The molecule has 2 rings (SSSR count). The summed E-state index contributed by atoms with van der Waals surface area (Å²) in [6.07, 6.45) is 0.893. The van der Waals surface area contributed by atoms with Crippen LogP contribution < -0.4 is 5.73 Å². The Morgan fingerprint density at radius 3 is 2.79 bits per heavy atom. The van der Waals surface area contributed by atoms with Crippen LogP contribution in [-0.2, 0) is 15.9 Å². The lowest BCUT2D eigenvalue weighted by atomic mass is 10.0. The van der Waals surface area contributed by atoms with Crippen LogP contribution in [0.2, 0.25) is 0 Å². The minimum Gasteiger partial charge on any atom is -0.353 e. The van der Waals surface area contributed by atoms with E-state index in [0.717, 1.165) is 6.42 Å². The molecule has 0 spiro atoms. The highest BCUT2D eigenvalue weighted by Crippen LogP contribution is 2.11. The normalized spacial score (nSPS) is 23.6. The molecule has 2 N–H and O–H groups in total. The van der Waals surface area contributed by atoms with E-state index in [9.17, 15) is 0 Å². The van der Waals surface area contributed by atoms with Gasteiger partial charge in [0.1, 0.15) is 6.79 Å². The molecule has 3 heteroatoms. The average Bonchev–Trinajstić information content (AvgIpc) is 2.72. The van der Waals surface area contributed by atoms with E-state index in [2.05, 4.69) is 12.1 Å². The first-order valence-corrected chi connectivity index (χ1v) is 4.85. The number of rotatable bonds is 3. The molecule has 1 aliphatic rings. The molecule has 0 radical (unpaired) electrons.